The first kappa shape index (κ1) is 26.2. The van der Waals surface area contributed by atoms with Gasteiger partial charge in [-0.05, 0) is 25.6 Å². The molecule has 3 aromatic rings. The molecule has 4 rings (SSSR count). The van der Waals surface area contributed by atoms with E-state index in [-0.39, 0.29) is 24.1 Å². The second-order valence-corrected chi connectivity index (χ2v) is 9.08. The average Bonchev–Trinajstić information content (AvgIpc) is 2.92. The molecular formula is C27H33N5O5. The standard InChI is InChI=1S/C27H33N5O5/c1-17(32-14-12-31(2)13-15-32)18-8-10-19(11-9-18)25-29-22(23(33)27(35)30-25)26(34)28-16-20-6-5-7-21(36-3)24(20)37-4/h5-11,17,33H,12-16H2,1-4H3,(H,28,34)(H,29,30,35). The smallest absolute Gasteiger partial charge is 0.294 e. The number of nitrogens with zero attached hydrogens (tertiary/aromatic N) is 3. The van der Waals surface area contributed by atoms with Crippen LogP contribution >= 0.6 is 0 Å². The fraction of sp³-hybridized carbons (Fsp3) is 0.370. The molecule has 0 radical (unpaired) electrons. The zero-order valence-electron chi connectivity index (χ0n) is 21.6. The molecule has 0 saturated carbocycles. The van der Waals surface area contributed by atoms with E-state index in [1.807, 2.05) is 24.3 Å². The fourth-order valence-electron chi connectivity index (χ4n) is 4.45. The van der Waals surface area contributed by atoms with Gasteiger partial charge < -0.3 is 29.8 Å². The molecule has 1 fully saturated rings. The van der Waals surface area contributed by atoms with E-state index in [1.54, 1.807) is 18.2 Å². The van der Waals surface area contributed by atoms with Gasteiger partial charge in [-0.15, -0.1) is 0 Å². The van der Waals surface area contributed by atoms with Gasteiger partial charge >= 0.3 is 0 Å². The number of aromatic nitrogens is 2. The Morgan fingerprint density at radius 3 is 2.46 bits per heavy atom. The van der Waals surface area contributed by atoms with Crippen molar-refractivity contribution in [3.8, 4) is 28.6 Å². The Hall–Kier alpha value is -3.89. The summed E-state index contributed by atoms with van der Waals surface area (Å²) in [6.07, 6.45) is 0. The number of piperazine rings is 1. The van der Waals surface area contributed by atoms with Crippen molar-refractivity contribution in [2.24, 2.45) is 0 Å². The van der Waals surface area contributed by atoms with Crippen molar-refractivity contribution in [3.05, 3.63) is 69.6 Å². The minimum atomic E-state index is -0.788. The van der Waals surface area contributed by atoms with E-state index in [0.717, 1.165) is 31.7 Å². The number of aromatic amines is 1. The SMILES string of the molecule is COc1cccc(CNC(=O)c2nc(-c3ccc(C(C)N4CCN(C)CC4)cc3)[nH]c(=O)c2O)c1OC. The number of carbonyl (C=O) groups excluding carboxylic acids is 1. The summed E-state index contributed by atoms with van der Waals surface area (Å²) in [6.45, 7) is 6.36. The van der Waals surface area contributed by atoms with E-state index in [4.69, 9.17) is 9.47 Å². The van der Waals surface area contributed by atoms with Crippen molar-refractivity contribution in [2.45, 2.75) is 19.5 Å². The van der Waals surface area contributed by atoms with Crippen LogP contribution in [-0.4, -0.2) is 78.2 Å². The van der Waals surface area contributed by atoms with Crippen LogP contribution in [-0.2, 0) is 6.54 Å². The van der Waals surface area contributed by atoms with Crippen LogP contribution in [0.1, 0.15) is 34.6 Å². The molecule has 37 heavy (non-hydrogen) atoms. The van der Waals surface area contributed by atoms with Gasteiger partial charge in [-0.2, -0.15) is 0 Å². The molecule has 2 heterocycles. The Morgan fingerprint density at radius 1 is 1.11 bits per heavy atom. The molecule has 1 unspecified atom stereocenters. The summed E-state index contributed by atoms with van der Waals surface area (Å²) >= 11 is 0. The monoisotopic (exact) mass is 507 g/mol. The number of benzene rings is 2. The molecule has 10 heteroatoms. The molecule has 1 saturated heterocycles. The lowest BCUT2D eigenvalue weighted by molar-refractivity contribution is 0.0942. The number of likely N-dealkylation sites (N-methyl/N-ethyl adjacent to an activating group) is 1. The Labute approximate surface area is 215 Å². The number of H-pyrrole nitrogens is 1. The van der Waals surface area contributed by atoms with E-state index < -0.39 is 17.2 Å². The second-order valence-electron chi connectivity index (χ2n) is 9.08. The van der Waals surface area contributed by atoms with Crippen LogP contribution in [0.4, 0.5) is 0 Å². The third-order valence-corrected chi connectivity index (χ3v) is 6.79. The van der Waals surface area contributed by atoms with Gasteiger partial charge in [-0.3, -0.25) is 14.5 Å². The molecule has 196 valence electrons. The Kier molecular flexibility index (Phi) is 8.10. The maximum atomic E-state index is 12.9. The molecule has 0 aliphatic carbocycles. The minimum absolute atomic E-state index is 0.0847. The lowest BCUT2D eigenvalue weighted by Gasteiger charge is -2.36. The third-order valence-electron chi connectivity index (χ3n) is 6.79. The van der Waals surface area contributed by atoms with Crippen molar-refractivity contribution >= 4 is 5.91 Å². The van der Waals surface area contributed by atoms with Gasteiger partial charge in [0.25, 0.3) is 11.5 Å². The second kappa shape index (κ2) is 11.4. The summed E-state index contributed by atoms with van der Waals surface area (Å²) in [5.74, 6) is -0.209. The van der Waals surface area contributed by atoms with Crippen molar-refractivity contribution < 1.29 is 19.4 Å². The highest BCUT2D eigenvalue weighted by atomic mass is 16.5. The van der Waals surface area contributed by atoms with Crippen molar-refractivity contribution in [1.82, 2.24) is 25.1 Å². The van der Waals surface area contributed by atoms with Gasteiger partial charge in [0.1, 0.15) is 5.82 Å². The molecule has 10 nitrogen and oxygen atoms in total. The van der Waals surface area contributed by atoms with Crippen LogP contribution in [0.5, 0.6) is 17.2 Å². The number of amides is 1. The van der Waals surface area contributed by atoms with Gasteiger partial charge in [-0.25, -0.2) is 4.98 Å². The largest absolute Gasteiger partial charge is 0.501 e. The van der Waals surface area contributed by atoms with Crippen LogP contribution in [0.3, 0.4) is 0 Å². The van der Waals surface area contributed by atoms with Gasteiger partial charge in [0.15, 0.2) is 17.2 Å². The summed E-state index contributed by atoms with van der Waals surface area (Å²) in [5, 5.41) is 13.0. The molecule has 0 bridgehead atoms. The van der Waals surface area contributed by atoms with Crippen LogP contribution in [0.2, 0.25) is 0 Å². The first-order valence-electron chi connectivity index (χ1n) is 12.2. The fourth-order valence-corrected chi connectivity index (χ4v) is 4.45. The number of hydrogen-bond acceptors (Lipinski definition) is 8. The molecule has 1 atom stereocenters. The third kappa shape index (κ3) is 5.76. The minimum Gasteiger partial charge on any atom is -0.501 e. The van der Waals surface area contributed by atoms with E-state index in [2.05, 4.69) is 39.1 Å². The van der Waals surface area contributed by atoms with Crippen LogP contribution in [0.25, 0.3) is 11.4 Å². The number of methoxy groups -OCH3 is 2. The summed E-state index contributed by atoms with van der Waals surface area (Å²) in [5.41, 5.74) is 1.32. The zero-order chi connectivity index (χ0) is 26.5. The zero-order valence-corrected chi connectivity index (χ0v) is 21.6. The summed E-state index contributed by atoms with van der Waals surface area (Å²) in [6, 6.07) is 13.3. The number of nitrogens with one attached hydrogen (secondary N) is 2. The summed E-state index contributed by atoms with van der Waals surface area (Å²) in [7, 11) is 5.17. The van der Waals surface area contributed by atoms with Gasteiger partial charge in [0, 0.05) is 49.9 Å². The first-order chi connectivity index (χ1) is 17.8. The normalized spacial score (nSPS) is 15.2. The van der Waals surface area contributed by atoms with Crippen molar-refractivity contribution in [3.63, 3.8) is 0 Å². The number of para-hydroxylation sites is 1. The molecule has 3 N–H and O–H groups in total. The summed E-state index contributed by atoms with van der Waals surface area (Å²) in [4.78, 5) is 36.9. The quantitative estimate of drug-likeness (QED) is 0.425. The Morgan fingerprint density at radius 2 is 1.81 bits per heavy atom. The molecular weight excluding hydrogens is 474 g/mol. The van der Waals surface area contributed by atoms with Crippen molar-refractivity contribution in [1.29, 1.82) is 0 Å². The Bertz CT molecular complexity index is 1300. The van der Waals surface area contributed by atoms with Crippen molar-refractivity contribution in [2.75, 3.05) is 47.4 Å². The van der Waals surface area contributed by atoms with Crippen LogP contribution in [0, 0.1) is 0 Å². The van der Waals surface area contributed by atoms with Gasteiger partial charge in [0.2, 0.25) is 5.75 Å². The molecule has 1 aromatic heterocycles. The lowest BCUT2D eigenvalue weighted by Crippen LogP contribution is -2.45. The van der Waals surface area contributed by atoms with E-state index in [9.17, 15) is 14.7 Å². The molecule has 1 aliphatic rings. The highest BCUT2D eigenvalue weighted by Gasteiger charge is 2.22. The van der Waals surface area contributed by atoms with E-state index >= 15 is 0 Å². The van der Waals surface area contributed by atoms with Gasteiger partial charge in [0.05, 0.1) is 14.2 Å². The van der Waals surface area contributed by atoms with Crippen LogP contribution in [0.15, 0.2) is 47.3 Å². The first-order valence-corrected chi connectivity index (χ1v) is 12.2. The highest BCUT2D eigenvalue weighted by molar-refractivity contribution is 5.95. The molecule has 0 spiro atoms. The number of hydrogen-bond donors (Lipinski definition) is 3. The summed E-state index contributed by atoms with van der Waals surface area (Å²) < 4.78 is 10.7. The molecule has 1 amide bonds. The topological polar surface area (TPSA) is 120 Å². The molecule has 2 aromatic carbocycles. The number of aromatic hydroxyl groups is 1. The number of rotatable bonds is 8. The van der Waals surface area contributed by atoms with E-state index in [1.165, 1.54) is 14.2 Å². The Balaban J connectivity index is 1.52. The lowest BCUT2D eigenvalue weighted by atomic mass is 10.0. The maximum Gasteiger partial charge on any atom is 0.294 e. The van der Waals surface area contributed by atoms with Crippen LogP contribution < -0.4 is 20.3 Å². The van der Waals surface area contributed by atoms with E-state index in [0.29, 0.717) is 22.6 Å². The van der Waals surface area contributed by atoms with Gasteiger partial charge in [-0.1, -0.05) is 36.4 Å². The number of ether oxygens (including phenoxy) is 2. The highest BCUT2D eigenvalue weighted by Crippen LogP contribution is 2.30. The predicted molar refractivity (Wildman–Crippen MR) is 140 cm³/mol. The average molecular weight is 508 g/mol. The number of carbonyl (C=O) groups is 1. The molecule has 1 aliphatic heterocycles. The predicted octanol–water partition coefficient (Wildman–Crippen LogP) is 2.40. The maximum absolute atomic E-state index is 12.9.